The zero-order valence-corrected chi connectivity index (χ0v) is 34.0. The molecule has 5 aliphatic rings. The fourth-order valence-corrected chi connectivity index (χ4v) is 9.95. The van der Waals surface area contributed by atoms with Crippen molar-refractivity contribution in [2.24, 2.45) is 5.92 Å². The lowest BCUT2D eigenvalue weighted by molar-refractivity contribution is -0.162. The Kier molecular flexibility index (Phi) is 12.9. The number of Topliss-reactive ketones (excluding diaryl/α,β-unsaturated/α-hetero) is 1. The van der Waals surface area contributed by atoms with Gasteiger partial charge in [-0.3, -0.25) is 19.2 Å². The molecule has 5 aliphatic heterocycles. The predicted molar refractivity (Wildman–Crippen MR) is 215 cm³/mol. The lowest BCUT2D eigenvalue weighted by atomic mass is 10.0. The van der Waals surface area contributed by atoms with Crippen molar-refractivity contribution in [3.8, 4) is 23.0 Å². The number of likely N-dealkylation sites (N-methyl/N-ethyl adjacent to an activating group) is 1. The molecule has 1 spiro atoms. The number of carbonyl (C=O) groups excluding carboxylic acids is 5. The number of aliphatic hydroxyl groups excluding tert-OH is 1. The number of aromatic hydroxyl groups is 1. The van der Waals surface area contributed by atoms with Crippen molar-refractivity contribution >= 4 is 53.4 Å². The summed E-state index contributed by atoms with van der Waals surface area (Å²) in [6.45, 7) is 5.84. The van der Waals surface area contributed by atoms with E-state index in [2.05, 4.69) is 6.08 Å². The van der Waals surface area contributed by atoms with Gasteiger partial charge in [0.2, 0.25) is 0 Å². The second-order valence-electron chi connectivity index (χ2n) is 14.4. The molecule has 0 radical (unpaired) electrons. The number of benzene rings is 2. The molecule has 2 fully saturated rings. The van der Waals surface area contributed by atoms with Crippen LogP contribution < -0.4 is 9.47 Å². The van der Waals surface area contributed by atoms with Crippen LogP contribution in [0.4, 0.5) is 0 Å². The van der Waals surface area contributed by atoms with Crippen molar-refractivity contribution in [3.63, 3.8) is 0 Å². The highest BCUT2D eigenvalue weighted by Crippen LogP contribution is 2.52. The number of hydrogen-bond acceptors (Lipinski definition) is 13. The van der Waals surface area contributed by atoms with Gasteiger partial charge >= 0.3 is 5.97 Å². The number of piperazine rings is 1. The minimum Gasteiger partial charge on any atom is -0.504 e. The van der Waals surface area contributed by atoms with E-state index in [9.17, 15) is 34.2 Å². The zero-order valence-electron chi connectivity index (χ0n) is 32.3. The minimum atomic E-state index is -1.84. The van der Waals surface area contributed by atoms with Crippen molar-refractivity contribution in [1.29, 1.82) is 0 Å². The Balaban J connectivity index is 1.36. The molecule has 0 aromatic heterocycles. The summed E-state index contributed by atoms with van der Waals surface area (Å²) >= 11 is 2.31. The lowest BCUT2D eigenvalue weighted by Crippen LogP contribution is -2.71. The Labute approximate surface area is 339 Å². The summed E-state index contributed by atoms with van der Waals surface area (Å²) in [7, 11) is 2.92. The summed E-state index contributed by atoms with van der Waals surface area (Å²) in [5.74, 6) is -1.66. The Hall–Kier alpha value is -4.99. The third-order valence-electron chi connectivity index (χ3n) is 10.5. The maximum absolute atomic E-state index is 14.9. The lowest BCUT2D eigenvalue weighted by Gasteiger charge is -2.49. The highest BCUT2D eigenvalue weighted by atomic mass is 32.2. The van der Waals surface area contributed by atoms with Crippen molar-refractivity contribution < 1.29 is 53.1 Å². The van der Waals surface area contributed by atoms with Crippen molar-refractivity contribution in [1.82, 2.24) is 9.80 Å². The van der Waals surface area contributed by atoms with Crippen LogP contribution in [0, 0.1) is 5.92 Å². The Bertz CT molecular complexity index is 2060. The Morgan fingerprint density at radius 3 is 2.54 bits per heavy atom. The average molecular weight is 819 g/mol. The first kappa shape index (κ1) is 41.6. The zero-order chi connectivity index (χ0) is 41.0. The van der Waals surface area contributed by atoms with Crippen LogP contribution in [0.2, 0.25) is 0 Å². The fourth-order valence-electron chi connectivity index (χ4n) is 7.19. The number of phenolic OH excluding ortho intramolecular Hbond substituents is 1. The van der Waals surface area contributed by atoms with E-state index in [4.69, 9.17) is 18.9 Å². The van der Waals surface area contributed by atoms with Gasteiger partial charge in [0, 0.05) is 42.0 Å². The van der Waals surface area contributed by atoms with Crippen LogP contribution in [0.1, 0.15) is 67.2 Å². The summed E-state index contributed by atoms with van der Waals surface area (Å²) in [6, 6.07) is 7.15. The number of hydrogen-bond donors (Lipinski definition) is 2. The first-order valence-electron chi connectivity index (χ1n) is 18.6. The number of aldehydes is 1. The fraction of sp³-hybridized carbons (Fsp3) is 0.405. The van der Waals surface area contributed by atoms with E-state index >= 15 is 0 Å². The normalized spacial score (nSPS) is 27.1. The molecule has 2 amide bonds. The molecule has 302 valence electrons. The molecule has 2 aromatic carbocycles. The third kappa shape index (κ3) is 8.37. The summed E-state index contributed by atoms with van der Waals surface area (Å²) in [6.07, 6.45) is 8.51. The van der Waals surface area contributed by atoms with Crippen LogP contribution in [0.3, 0.4) is 0 Å². The van der Waals surface area contributed by atoms with Gasteiger partial charge in [0.15, 0.2) is 33.2 Å². The topological polar surface area (TPSA) is 169 Å². The standard InChI is InChI=1S/C42H46N2O11S2/c1-24-7-6-8-25(2)16-18-57-42-37(48)29-22-53-17-15-33(36(29)44(42)38(49)39(43(4)41(42)51)56-23-26(3)30(46)12-9-24)55-40(50)28-11-14-32(52-5)35(20-28)54-34-19-27(21-45)10-13-31(34)47/h7,10-11,13-17,19-22,26,33,36-37,39,47-48H,6,8-9,12,18,23H2,1-5H3/t26-,33+,36+,37-,39-,42?/m1/s1. The van der Waals surface area contributed by atoms with E-state index in [-0.39, 0.29) is 57.2 Å². The van der Waals surface area contributed by atoms with Gasteiger partial charge in [0.25, 0.3) is 11.8 Å². The number of aliphatic hydroxyl groups is 1. The minimum absolute atomic E-state index is 0.00628. The molecule has 2 N–H and O–H groups in total. The molecule has 5 heterocycles. The van der Waals surface area contributed by atoms with Gasteiger partial charge in [-0.05, 0) is 75.6 Å². The molecule has 15 heteroatoms. The molecule has 0 aliphatic carbocycles. The molecule has 1 unspecified atom stereocenters. The van der Waals surface area contributed by atoms with Crippen LogP contribution in [0.25, 0.3) is 0 Å². The number of fused-ring (bicyclic) bond motifs is 13. The van der Waals surface area contributed by atoms with Crippen LogP contribution in [-0.2, 0) is 23.9 Å². The quantitative estimate of drug-likeness (QED) is 0.193. The van der Waals surface area contributed by atoms with Crippen molar-refractivity contribution in [2.45, 2.75) is 74.9 Å². The number of carbonyl (C=O) groups is 5. The maximum atomic E-state index is 14.9. The van der Waals surface area contributed by atoms with E-state index < -0.39 is 46.3 Å². The van der Waals surface area contributed by atoms with Gasteiger partial charge < -0.3 is 39.0 Å². The summed E-state index contributed by atoms with van der Waals surface area (Å²) in [4.78, 5) is 69.0. The molecule has 6 atom stereocenters. The first-order valence-corrected chi connectivity index (χ1v) is 20.6. The van der Waals surface area contributed by atoms with Gasteiger partial charge in [-0.25, -0.2) is 4.79 Å². The van der Waals surface area contributed by atoms with E-state index in [1.807, 2.05) is 26.8 Å². The van der Waals surface area contributed by atoms with E-state index in [1.165, 1.54) is 90.7 Å². The van der Waals surface area contributed by atoms with Gasteiger partial charge in [0.1, 0.15) is 30.3 Å². The van der Waals surface area contributed by atoms with Crippen molar-refractivity contribution in [2.75, 3.05) is 25.7 Å². The molecule has 0 saturated carbocycles. The molecule has 7 rings (SSSR count). The van der Waals surface area contributed by atoms with Crippen LogP contribution in [-0.4, -0.2) is 104 Å². The summed E-state index contributed by atoms with van der Waals surface area (Å²) in [5.41, 5.74) is 2.63. The number of esters is 1. The monoisotopic (exact) mass is 818 g/mol. The highest BCUT2D eigenvalue weighted by molar-refractivity contribution is 8.02. The SMILES string of the molecule is COc1ccc(C(=O)O[C@H]2C=COC=C3[C@@H](O)C45SCC=C(C)CCC=C(C)CCC(=O)[C@H](C)CS[C@H](C(=O)N4[C@@H]32)N(C)C5=O)cc1Oc1cc(C=O)ccc1O. The van der Waals surface area contributed by atoms with Gasteiger partial charge in [0.05, 0.1) is 25.2 Å². The molecule has 2 bridgehead atoms. The average Bonchev–Trinajstić information content (AvgIpc) is 3.29. The maximum Gasteiger partial charge on any atom is 0.338 e. The molecule has 2 saturated heterocycles. The van der Waals surface area contributed by atoms with Gasteiger partial charge in [-0.15, -0.1) is 23.5 Å². The smallest absolute Gasteiger partial charge is 0.338 e. The van der Waals surface area contributed by atoms with Crippen molar-refractivity contribution in [3.05, 3.63) is 95.0 Å². The number of methoxy groups -OCH3 is 1. The number of phenols is 1. The summed E-state index contributed by atoms with van der Waals surface area (Å²) < 4.78 is 23.0. The van der Waals surface area contributed by atoms with E-state index in [1.54, 1.807) is 0 Å². The number of ketones is 1. The van der Waals surface area contributed by atoms with E-state index in [0.29, 0.717) is 24.9 Å². The van der Waals surface area contributed by atoms with E-state index in [0.717, 1.165) is 35.7 Å². The molecular formula is C42H46N2O11S2. The number of amides is 2. The first-order chi connectivity index (χ1) is 27.3. The Morgan fingerprint density at radius 2 is 1.79 bits per heavy atom. The van der Waals surface area contributed by atoms with Gasteiger partial charge in [-0.1, -0.05) is 30.2 Å². The predicted octanol–water partition coefficient (Wildman–Crippen LogP) is 6.16. The second-order valence-corrected chi connectivity index (χ2v) is 16.8. The van der Waals surface area contributed by atoms with Crippen LogP contribution >= 0.6 is 23.5 Å². The van der Waals surface area contributed by atoms with Crippen LogP contribution in [0.15, 0.2) is 83.9 Å². The van der Waals surface area contributed by atoms with Gasteiger partial charge in [-0.2, -0.15) is 0 Å². The second kappa shape index (κ2) is 17.7. The molecule has 57 heavy (non-hydrogen) atoms. The largest absolute Gasteiger partial charge is 0.504 e. The molecular weight excluding hydrogens is 773 g/mol. The number of allylic oxidation sites excluding steroid dienone is 3. The number of thioether (sulfide) groups is 2. The molecule has 2 aromatic rings. The number of nitrogens with zero attached hydrogens (tertiary/aromatic N) is 2. The number of rotatable bonds is 6. The summed E-state index contributed by atoms with van der Waals surface area (Å²) in [5, 5.41) is 21.5. The Morgan fingerprint density at radius 1 is 1.02 bits per heavy atom. The third-order valence-corrected chi connectivity index (χ3v) is 13.4. The molecule has 13 nitrogen and oxygen atoms in total. The highest BCUT2D eigenvalue weighted by Gasteiger charge is 2.69. The number of ether oxygens (including phenoxy) is 4. The van der Waals surface area contributed by atoms with Crippen LogP contribution in [0.5, 0.6) is 23.0 Å².